The summed E-state index contributed by atoms with van der Waals surface area (Å²) < 4.78 is 7.31. The van der Waals surface area contributed by atoms with Crippen molar-refractivity contribution in [1.29, 1.82) is 0 Å². The highest BCUT2D eigenvalue weighted by Crippen LogP contribution is 2.43. The second-order valence-electron chi connectivity index (χ2n) is 12.1. The van der Waals surface area contributed by atoms with Crippen molar-refractivity contribution in [2.45, 2.75) is 43.6 Å². The smallest absolute Gasteiger partial charge is 0.354 e. The van der Waals surface area contributed by atoms with E-state index in [9.17, 15) is 14.7 Å². The van der Waals surface area contributed by atoms with Crippen LogP contribution in [0.15, 0.2) is 36.4 Å². The number of carbonyl (C=O) groups excluding carboxylic acids is 1. The Morgan fingerprint density at radius 2 is 1.88 bits per heavy atom. The molecule has 3 aromatic rings. The largest absolute Gasteiger partial charge is 0.477 e. The predicted molar refractivity (Wildman–Crippen MR) is 150 cm³/mol. The van der Waals surface area contributed by atoms with E-state index in [-0.39, 0.29) is 17.1 Å². The number of benzene rings is 1. The van der Waals surface area contributed by atoms with Gasteiger partial charge in [-0.25, -0.2) is 14.5 Å². The standard InChI is InChI=1S/C30H36N6O4/c1-33-25(37)16-34(17-30(33)18-40-19-30)15-20-10-12-35(13-11-20)24-14-23(29(38)39)31-28-26(24)27(21-6-5-7-21)32-36(28)22-8-3-2-4-9-22/h2-4,8-9,14,20-21H,5-7,10-13,15-19H2,1H3,(H,38,39). The number of nitrogens with zero attached hydrogens (tertiary/aromatic N) is 6. The highest BCUT2D eigenvalue weighted by molar-refractivity contribution is 5.98. The van der Waals surface area contributed by atoms with Crippen molar-refractivity contribution in [3.8, 4) is 5.69 Å². The molecule has 1 amide bonds. The second-order valence-corrected chi connectivity index (χ2v) is 12.1. The van der Waals surface area contributed by atoms with Gasteiger partial charge in [0.15, 0.2) is 11.3 Å². The van der Waals surface area contributed by atoms with Gasteiger partial charge in [0.25, 0.3) is 0 Å². The lowest BCUT2D eigenvalue weighted by Gasteiger charge is -2.54. The van der Waals surface area contributed by atoms with Crippen LogP contribution in [0.5, 0.6) is 0 Å². The summed E-state index contributed by atoms with van der Waals surface area (Å²) in [4.78, 5) is 36.0. The fraction of sp³-hybridized carbons (Fsp3) is 0.533. The Morgan fingerprint density at radius 1 is 1.12 bits per heavy atom. The van der Waals surface area contributed by atoms with Gasteiger partial charge in [0.1, 0.15) is 5.54 Å². The summed E-state index contributed by atoms with van der Waals surface area (Å²) in [5, 5.41) is 16.0. The zero-order chi connectivity index (χ0) is 27.4. The molecule has 0 atom stereocenters. The quantitative estimate of drug-likeness (QED) is 0.505. The van der Waals surface area contributed by atoms with E-state index in [2.05, 4.69) is 14.8 Å². The van der Waals surface area contributed by atoms with Crippen LogP contribution >= 0.6 is 0 Å². The van der Waals surface area contributed by atoms with Crippen molar-refractivity contribution in [3.63, 3.8) is 0 Å². The average Bonchev–Trinajstić information content (AvgIpc) is 3.28. The molecule has 1 saturated carbocycles. The van der Waals surface area contributed by atoms with Gasteiger partial charge in [-0.2, -0.15) is 5.10 Å². The molecule has 210 valence electrons. The van der Waals surface area contributed by atoms with Crippen molar-refractivity contribution in [1.82, 2.24) is 24.6 Å². The number of rotatable bonds is 6. The Morgan fingerprint density at radius 3 is 2.50 bits per heavy atom. The van der Waals surface area contributed by atoms with Crippen LogP contribution < -0.4 is 4.90 Å². The van der Waals surface area contributed by atoms with Gasteiger partial charge in [-0.3, -0.25) is 9.69 Å². The summed E-state index contributed by atoms with van der Waals surface area (Å²) >= 11 is 0. The van der Waals surface area contributed by atoms with Crippen molar-refractivity contribution < 1.29 is 19.4 Å². The van der Waals surface area contributed by atoms with Gasteiger partial charge in [0.2, 0.25) is 5.91 Å². The summed E-state index contributed by atoms with van der Waals surface area (Å²) in [7, 11) is 1.90. The van der Waals surface area contributed by atoms with Gasteiger partial charge in [0.05, 0.1) is 42.2 Å². The zero-order valence-electron chi connectivity index (χ0n) is 23.0. The number of pyridine rings is 1. The van der Waals surface area contributed by atoms with E-state index in [4.69, 9.17) is 9.84 Å². The maximum atomic E-state index is 12.7. The first-order valence-corrected chi connectivity index (χ1v) is 14.5. The minimum atomic E-state index is -1.03. The van der Waals surface area contributed by atoms with E-state index in [0.29, 0.717) is 37.2 Å². The molecule has 2 aromatic heterocycles. The first kappa shape index (κ1) is 25.5. The molecule has 0 bridgehead atoms. The van der Waals surface area contributed by atoms with Crippen molar-refractivity contribution in [2.24, 2.45) is 5.92 Å². The normalized spacial score (nSPS) is 22.1. The fourth-order valence-electron chi connectivity index (χ4n) is 6.81. The van der Waals surface area contributed by atoms with Crippen LogP contribution in [0.25, 0.3) is 16.7 Å². The summed E-state index contributed by atoms with van der Waals surface area (Å²) in [5.41, 5.74) is 3.36. The molecule has 5 heterocycles. The van der Waals surface area contributed by atoms with E-state index in [0.717, 1.165) is 74.3 Å². The molecule has 10 nitrogen and oxygen atoms in total. The first-order chi connectivity index (χ1) is 19.4. The van der Waals surface area contributed by atoms with Crippen LogP contribution in [-0.4, -0.2) is 100 Å². The minimum absolute atomic E-state index is 0.0471. The highest BCUT2D eigenvalue weighted by atomic mass is 16.5. The van der Waals surface area contributed by atoms with E-state index in [1.165, 1.54) is 6.42 Å². The molecule has 7 rings (SSSR count). The number of carboxylic acid groups (broad SMARTS) is 1. The topological polar surface area (TPSA) is 104 Å². The van der Waals surface area contributed by atoms with E-state index in [1.54, 1.807) is 6.07 Å². The molecule has 0 unspecified atom stereocenters. The Balaban J connectivity index is 1.17. The molecule has 4 fully saturated rings. The molecule has 10 heteroatoms. The lowest BCUT2D eigenvalue weighted by atomic mass is 9.81. The lowest BCUT2D eigenvalue weighted by molar-refractivity contribution is -0.181. The Bertz CT molecular complexity index is 1440. The fourth-order valence-corrected chi connectivity index (χ4v) is 6.81. The van der Waals surface area contributed by atoms with E-state index < -0.39 is 5.97 Å². The van der Waals surface area contributed by atoms with Crippen LogP contribution in [0.3, 0.4) is 0 Å². The monoisotopic (exact) mass is 544 g/mol. The number of anilines is 1. The minimum Gasteiger partial charge on any atom is -0.477 e. The van der Waals surface area contributed by atoms with E-state index >= 15 is 0 Å². The summed E-state index contributed by atoms with van der Waals surface area (Å²) in [6.45, 7) is 5.14. The molecule has 1 N–H and O–H groups in total. The Labute approximate surface area is 233 Å². The summed E-state index contributed by atoms with van der Waals surface area (Å²) in [6.07, 6.45) is 5.36. The number of hydrogen-bond donors (Lipinski definition) is 1. The van der Waals surface area contributed by atoms with Crippen LogP contribution in [0, 0.1) is 5.92 Å². The number of likely N-dealkylation sites (N-methyl/N-ethyl adjacent to an activating group) is 1. The first-order valence-electron chi connectivity index (χ1n) is 14.5. The number of piperidine rings is 1. The van der Waals surface area contributed by atoms with Gasteiger partial charge in [-0.15, -0.1) is 0 Å². The molecule has 1 spiro atoms. The number of ether oxygens (including phenoxy) is 1. The van der Waals surface area contributed by atoms with Gasteiger partial charge in [-0.05, 0) is 49.8 Å². The van der Waals surface area contributed by atoms with Crippen LogP contribution in [-0.2, 0) is 9.53 Å². The number of fused-ring (bicyclic) bond motifs is 1. The number of para-hydroxylation sites is 1. The van der Waals surface area contributed by atoms with Crippen molar-refractivity contribution in [2.75, 3.05) is 57.9 Å². The molecule has 0 radical (unpaired) electrons. The Hall–Kier alpha value is -3.50. The van der Waals surface area contributed by atoms with Crippen LogP contribution in [0.1, 0.15) is 54.2 Å². The molecule has 40 heavy (non-hydrogen) atoms. The SMILES string of the molecule is CN1C(=O)CN(CC2CCN(c3cc(C(=O)O)nc4c3c(C3CCC3)nn4-c3ccccc3)CC2)CC12COC2. The summed E-state index contributed by atoms with van der Waals surface area (Å²) in [6, 6.07) is 11.6. The number of carbonyl (C=O) groups is 2. The Kier molecular flexibility index (Phi) is 6.27. The van der Waals surface area contributed by atoms with Crippen LogP contribution in [0.4, 0.5) is 5.69 Å². The van der Waals surface area contributed by atoms with Gasteiger partial charge >= 0.3 is 5.97 Å². The third-order valence-electron chi connectivity index (χ3n) is 9.53. The average molecular weight is 545 g/mol. The third-order valence-corrected chi connectivity index (χ3v) is 9.53. The van der Waals surface area contributed by atoms with Crippen molar-refractivity contribution in [3.05, 3.63) is 47.8 Å². The molecule has 3 saturated heterocycles. The van der Waals surface area contributed by atoms with Crippen molar-refractivity contribution >= 4 is 28.6 Å². The van der Waals surface area contributed by atoms with Crippen LogP contribution in [0.2, 0.25) is 0 Å². The molecular weight excluding hydrogens is 508 g/mol. The number of hydrogen-bond acceptors (Lipinski definition) is 7. The number of piperazine rings is 1. The second kappa shape index (κ2) is 9.85. The molecule has 1 aliphatic carbocycles. The molecule has 1 aromatic carbocycles. The van der Waals surface area contributed by atoms with E-state index in [1.807, 2.05) is 47.0 Å². The highest BCUT2D eigenvalue weighted by Gasteiger charge is 2.49. The number of carboxylic acids is 1. The molecular formula is C30H36N6O4. The lowest BCUT2D eigenvalue weighted by Crippen LogP contribution is -2.72. The third kappa shape index (κ3) is 4.25. The number of aromatic carboxylic acids is 1. The van der Waals surface area contributed by atoms with Gasteiger partial charge in [0, 0.05) is 39.1 Å². The zero-order valence-corrected chi connectivity index (χ0v) is 23.0. The maximum Gasteiger partial charge on any atom is 0.354 e. The molecule has 4 aliphatic rings. The molecule has 3 aliphatic heterocycles. The van der Waals surface area contributed by atoms with Gasteiger partial charge < -0.3 is 19.6 Å². The maximum absolute atomic E-state index is 12.7. The summed E-state index contributed by atoms with van der Waals surface area (Å²) in [5.74, 6) is 0.00252. The number of aromatic nitrogens is 3. The predicted octanol–water partition coefficient (Wildman–Crippen LogP) is 3.15. The number of amides is 1. The van der Waals surface area contributed by atoms with Gasteiger partial charge in [-0.1, -0.05) is 24.6 Å².